The van der Waals surface area contributed by atoms with Crippen LogP contribution in [0, 0.1) is 11.3 Å². The maximum absolute atomic E-state index is 12.1. The van der Waals surface area contributed by atoms with Crippen LogP contribution < -0.4 is 0 Å². The first-order chi connectivity index (χ1) is 10.7. The fourth-order valence-corrected chi connectivity index (χ4v) is 4.45. The summed E-state index contributed by atoms with van der Waals surface area (Å²) >= 11 is 1.54. The van der Waals surface area contributed by atoms with Crippen molar-refractivity contribution >= 4 is 17.5 Å². The molecule has 0 spiro atoms. The van der Waals surface area contributed by atoms with Crippen LogP contribution in [-0.4, -0.2) is 42.2 Å². The molecule has 1 saturated heterocycles. The smallest absolute Gasteiger partial charge is 0.144 e. The number of ketones is 1. The minimum atomic E-state index is -0.213. The van der Waals surface area contributed by atoms with Crippen LogP contribution in [0.15, 0.2) is 40.9 Å². The number of thioether (sulfide) groups is 1. The van der Waals surface area contributed by atoms with Crippen molar-refractivity contribution in [1.29, 1.82) is 5.26 Å². The number of carbonyl (C=O) groups is 1. The number of rotatable bonds is 3. The first-order valence-corrected chi connectivity index (χ1v) is 8.29. The zero-order chi connectivity index (χ0) is 15.5. The van der Waals surface area contributed by atoms with E-state index in [0.717, 1.165) is 29.3 Å². The van der Waals surface area contributed by atoms with Crippen molar-refractivity contribution in [2.75, 3.05) is 26.3 Å². The van der Waals surface area contributed by atoms with Gasteiger partial charge < -0.3 is 9.64 Å². The predicted molar refractivity (Wildman–Crippen MR) is 86.3 cm³/mol. The van der Waals surface area contributed by atoms with Crippen LogP contribution in [0.25, 0.3) is 0 Å². The van der Waals surface area contributed by atoms with Crippen LogP contribution in [0.3, 0.4) is 0 Å². The number of hydrogen-bond acceptors (Lipinski definition) is 5. The van der Waals surface area contributed by atoms with Crippen molar-refractivity contribution in [3.63, 3.8) is 0 Å². The van der Waals surface area contributed by atoms with Crippen molar-refractivity contribution in [2.45, 2.75) is 18.1 Å². The maximum Gasteiger partial charge on any atom is 0.144 e. The number of Topliss-reactive ketones (excluding diaryl/α,β-unsaturated/α-hetero) is 1. The third-order valence-electron chi connectivity index (χ3n) is 4.06. The molecule has 2 aliphatic heterocycles. The van der Waals surface area contributed by atoms with Gasteiger partial charge in [0.15, 0.2) is 0 Å². The molecule has 0 aliphatic carbocycles. The van der Waals surface area contributed by atoms with Gasteiger partial charge in [-0.2, -0.15) is 5.26 Å². The summed E-state index contributed by atoms with van der Waals surface area (Å²) in [4.78, 5) is 14.3. The third kappa shape index (κ3) is 2.77. The van der Waals surface area contributed by atoms with Crippen molar-refractivity contribution in [1.82, 2.24) is 4.90 Å². The second kappa shape index (κ2) is 6.55. The summed E-state index contributed by atoms with van der Waals surface area (Å²) < 4.78 is 5.39. The van der Waals surface area contributed by atoms with Crippen molar-refractivity contribution < 1.29 is 9.53 Å². The average Bonchev–Trinajstić information content (AvgIpc) is 2.96. The second-order valence-corrected chi connectivity index (χ2v) is 6.60. The molecule has 2 aliphatic rings. The van der Waals surface area contributed by atoms with Crippen molar-refractivity contribution in [3.8, 4) is 6.07 Å². The van der Waals surface area contributed by atoms with Gasteiger partial charge in [-0.15, -0.1) is 0 Å². The monoisotopic (exact) mass is 314 g/mol. The van der Waals surface area contributed by atoms with Gasteiger partial charge >= 0.3 is 0 Å². The van der Waals surface area contributed by atoms with Crippen LogP contribution in [0.4, 0.5) is 0 Å². The zero-order valence-electron chi connectivity index (χ0n) is 12.5. The van der Waals surface area contributed by atoms with Crippen LogP contribution >= 0.6 is 11.8 Å². The first-order valence-electron chi connectivity index (χ1n) is 7.41. The number of benzene rings is 1. The van der Waals surface area contributed by atoms with Gasteiger partial charge in [-0.1, -0.05) is 42.1 Å². The quantitative estimate of drug-likeness (QED) is 0.858. The average molecular weight is 314 g/mol. The van der Waals surface area contributed by atoms with E-state index in [-0.39, 0.29) is 17.0 Å². The Morgan fingerprint density at radius 2 is 2.00 bits per heavy atom. The topological polar surface area (TPSA) is 53.3 Å². The Labute approximate surface area is 134 Å². The molecule has 1 fully saturated rings. The van der Waals surface area contributed by atoms with E-state index >= 15 is 0 Å². The fourth-order valence-electron chi connectivity index (χ4n) is 2.98. The molecule has 0 amide bonds. The van der Waals surface area contributed by atoms with E-state index in [9.17, 15) is 10.1 Å². The lowest BCUT2D eigenvalue weighted by atomic mass is 9.87. The molecule has 114 valence electrons. The van der Waals surface area contributed by atoms with Gasteiger partial charge in [0, 0.05) is 19.0 Å². The summed E-state index contributed by atoms with van der Waals surface area (Å²) in [6.45, 7) is 4.51. The molecule has 5 heteroatoms. The molecule has 2 heterocycles. The number of hydrogen-bond donors (Lipinski definition) is 0. The highest BCUT2D eigenvalue weighted by atomic mass is 32.2. The van der Waals surface area contributed by atoms with Crippen molar-refractivity contribution in [2.24, 2.45) is 0 Å². The maximum atomic E-state index is 12.1. The Morgan fingerprint density at radius 1 is 1.32 bits per heavy atom. The fraction of sp³-hybridized carbons (Fsp3) is 0.412. The molecule has 3 rings (SSSR count). The number of nitrogens with zero attached hydrogens (tertiary/aromatic N) is 2. The standard InChI is InChI=1S/C17H18N2O2S/c1-12(20)16-15(13-5-3-2-4-6-13)14(11-18)17(22-16)19-7-9-21-10-8-19/h2-6,15-16H,7-10H2,1H3. The molecule has 1 aromatic carbocycles. The van der Waals surface area contributed by atoms with E-state index in [2.05, 4.69) is 11.0 Å². The number of ether oxygens (including phenoxy) is 1. The molecular formula is C17H18N2O2S. The van der Waals surface area contributed by atoms with Crippen LogP contribution in [0.5, 0.6) is 0 Å². The van der Waals surface area contributed by atoms with E-state index in [1.54, 1.807) is 6.92 Å². The molecule has 4 nitrogen and oxygen atoms in total. The highest BCUT2D eigenvalue weighted by Crippen LogP contribution is 2.49. The van der Waals surface area contributed by atoms with Crippen LogP contribution in [0.2, 0.25) is 0 Å². The lowest BCUT2D eigenvalue weighted by molar-refractivity contribution is -0.116. The summed E-state index contributed by atoms with van der Waals surface area (Å²) in [6, 6.07) is 12.2. The van der Waals surface area contributed by atoms with E-state index in [1.807, 2.05) is 30.3 Å². The predicted octanol–water partition coefficient (Wildman–Crippen LogP) is 2.54. The molecule has 0 aromatic heterocycles. The summed E-state index contributed by atoms with van der Waals surface area (Å²) in [6.07, 6.45) is 0. The molecule has 2 atom stereocenters. The summed E-state index contributed by atoms with van der Waals surface area (Å²) in [5, 5.41) is 10.5. The van der Waals surface area contributed by atoms with Crippen molar-refractivity contribution in [3.05, 3.63) is 46.5 Å². The Morgan fingerprint density at radius 3 is 2.59 bits per heavy atom. The number of morpholine rings is 1. The molecule has 0 saturated carbocycles. The minimum absolute atomic E-state index is 0.120. The first kappa shape index (κ1) is 15.1. The summed E-state index contributed by atoms with van der Waals surface area (Å²) in [5.74, 6) is -0.0265. The lowest BCUT2D eigenvalue weighted by Gasteiger charge is -2.29. The van der Waals surface area contributed by atoms with E-state index in [4.69, 9.17) is 4.74 Å². The number of nitriles is 1. The van der Waals surface area contributed by atoms with Gasteiger partial charge in [0.2, 0.25) is 0 Å². The molecule has 0 radical (unpaired) electrons. The van der Waals surface area contributed by atoms with Gasteiger partial charge in [-0.05, 0) is 12.5 Å². The number of allylic oxidation sites excluding steroid dienone is 1. The van der Waals surface area contributed by atoms with E-state index in [0.29, 0.717) is 13.2 Å². The van der Waals surface area contributed by atoms with Gasteiger partial charge in [0.25, 0.3) is 0 Å². The molecule has 2 unspecified atom stereocenters. The number of carbonyl (C=O) groups excluding carboxylic acids is 1. The second-order valence-electron chi connectivity index (χ2n) is 5.47. The highest BCUT2D eigenvalue weighted by Gasteiger charge is 2.41. The Kier molecular flexibility index (Phi) is 4.51. The Hall–Kier alpha value is -1.77. The molecule has 22 heavy (non-hydrogen) atoms. The zero-order valence-corrected chi connectivity index (χ0v) is 13.3. The largest absolute Gasteiger partial charge is 0.378 e. The molecule has 1 aromatic rings. The van der Waals surface area contributed by atoms with Gasteiger partial charge in [-0.3, -0.25) is 4.79 Å². The van der Waals surface area contributed by atoms with Gasteiger partial charge in [0.05, 0.1) is 35.1 Å². The Bertz CT molecular complexity index is 630. The molecular weight excluding hydrogens is 296 g/mol. The molecule has 0 N–H and O–H groups in total. The summed E-state index contributed by atoms with van der Waals surface area (Å²) in [7, 11) is 0. The van der Waals surface area contributed by atoms with Gasteiger partial charge in [0.1, 0.15) is 5.78 Å². The normalized spacial score (nSPS) is 25.2. The van der Waals surface area contributed by atoms with Gasteiger partial charge in [-0.25, -0.2) is 0 Å². The minimum Gasteiger partial charge on any atom is -0.378 e. The Balaban J connectivity index is 2.01. The molecule has 0 bridgehead atoms. The SMILES string of the molecule is CC(=O)C1SC(N2CCOCC2)=C(C#N)C1c1ccccc1. The summed E-state index contributed by atoms with van der Waals surface area (Å²) in [5.41, 5.74) is 1.76. The lowest BCUT2D eigenvalue weighted by Crippen LogP contribution is -2.35. The highest BCUT2D eigenvalue weighted by molar-refractivity contribution is 8.04. The van der Waals surface area contributed by atoms with E-state index in [1.165, 1.54) is 11.8 Å². The van der Waals surface area contributed by atoms with Crippen LogP contribution in [0.1, 0.15) is 18.4 Å². The van der Waals surface area contributed by atoms with Crippen LogP contribution in [-0.2, 0) is 9.53 Å². The third-order valence-corrected chi connectivity index (χ3v) is 5.62. The van der Waals surface area contributed by atoms with E-state index < -0.39 is 0 Å².